The molecule has 0 spiro atoms. The highest BCUT2D eigenvalue weighted by Gasteiger charge is 2.12. The number of anilines is 3. The molecule has 0 saturated heterocycles. The number of halogens is 1. The van der Waals surface area contributed by atoms with E-state index in [1.165, 1.54) is 28.6 Å². The Hall–Kier alpha value is -3.60. The standard InChI is InChI=1S/C18H16FN9S/c1-11-5-7-13(8-6-11)21-17-23-15(22-16(20)24-17)10-29-18-25-26-27-28(18)14-4-2-3-12(19)9-14/h2-9H,10H2,1H3,(H3,20,21,22,23,24). The lowest BCUT2D eigenvalue weighted by atomic mass is 10.2. The lowest BCUT2D eigenvalue weighted by molar-refractivity contribution is 0.623. The van der Waals surface area contributed by atoms with E-state index in [0.717, 1.165) is 11.3 Å². The Labute approximate surface area is 169 Å². The van der Waals surface area contributed by atoms with Gasteiger partial charge in [0.1, 0.15) is 11.6 Å². The minimum atomic E-state index is -0.369. The molecule has 2 heterocycles. The summed E-state index contributed by atoms with van der Waals surface area (Å²) < 4.78 is 14.9. The van der Waals surface area contributed by atoms with Gasteiger partial charge in [-0.05, 0) is 47.7 Å². The van der Waals surface area contributed by atoms with Crippen molar-refractivity contribution in [3.05, 3.63) is 65.7 Å². The predicted octanol–water partition coefficient (Wildman–Crippen LogP) is 2.91. The van der Waals surface area contributed by atoms with Crippen LogP contribution in [0.25, 0.3) is 5.69 Å². The normalized spacial score (nSPS) is 10.8. The highest BCUT2D eigenvalue weighted by atomic mass is 32.2. The van der Waals surface area contributed by atoms with E-state index in [-0.39, 0.29) is 11.8 Å². The fourth-order valence-corrected chi connectivity index (χ4v) is 3.24. The molecule has 29 heavy (non-hydrogen) atoms. The topological polar surface area (TPSA) is 120 Å². The Kier molecular flexibility index (Phi) is 5.29. The Balaban J connectivity index is 1.50. The minimum Gasteiger partial charge on any atom is -0.368 e. The van der Waals surface area contributed by atoms with Crippen molar-refractivity contribution in [3.8, 4) is 5.69 Å². The van der Waals surface area contributed by atoms with Crippen LogP contribution in [0, 0.1) is 12.7 Å². The number of nitrogens with two attached hydrogens (primary N) is 1. The van der Waals surface area contributed by atoms with Gasteiger partial charge in [0.15, 0.2) is 0 Å². The molecule has 0 bridgehead atoms. The van der Waals surface area contributed by atoms with E-state index in [4.69, 9.17) is 5.73 Å². The molecule has 4 aromatic rings. The van der Waals surface area contributed by atoms with Gasteiger partial charge in [0.2, 0.25) is 17.1 Å². The molecular formula is C18H16FN9S. The lowest BCUT2D eigenvalue weighted by Crippen LogP contribution is -2.07. The van der Waals surface area contributed by atoms with Crippen LogP contribution in [0.2, 0.25) is 0 Å². The van der Waals surface area contributed by atoms with E-state index in [1.807, 2.05) is 31.2 Å². The number of hydrogen-bond acceptors (Lipinski definition) is 9. The van der Waals surface area contributed by atoms with Crippen molar-refractivity contribution in [3.63, 3.8) is 0 Å². The molecule has 0 unspecified atom stereocenters. The maximum atomic E-state index is 13.5. The molecule has 0 aliphatic rings. The number of nitrogens with zero attached hydrogens (tertiary/aromatic N) is 7. The molecule has 0 radical (unpaired) electrons. The maximum absolute atomic E-state index is 13.5. The monoisotopic (exact) mass is 409 g/mol. The van der Waals surface area contributed by atoms with Crippen LogP contribution in [0.4, 0.5) is 22.0 Å². The second-order valence-electron chi connectivity index (χ2n) is 6.07. The average Bonchev–Trinajstić information content (AvgIpc) is 3.16. The number of rotatable bonds is 6. The number of benzene rings is 2. The first-order chi connectivity index (χ1) is 14.1. The summed E-state index contributed by atoms with van der Waals surface area (Å²) in [4.78, 5) is 12.7. The minimum absolute atomic E-state index is 0.106. The predicted molar refractivity (Wildman–Crippen MR) is 107 cm³/mol. The van der Waals surface area contributed by atoms with Crippen LogP contribution in [-0.2, 0) is 5.75 Å². The van der Waals surface area contributed by atoms with E-state index >= 15 is 0 Å². The van der Waals surface area contributed by atoms with Crippen molar-refractivity contribution in [2.75, 3.05) is 11.1 Å². The van der Waals surface area contributed by atoms with E-state index in [0.29, 0.717) is 28.4 Å². The van der Waals surface area contributed by atoms with Gasteiger partial charge in [-0.3, -0.25) is 0 Å². The molecule has 0 fully saturated rings. The summed E-state index contributed by atoms with van der Waals surface area (Å²) in [5.74, 6) is 0.902. The largest absolute Gasteiger partial charge is 0.368 e. The number of nitrogens with one attached hydrogen (secondary N) is 1. The maximum Gasteiger partial charge on any atom is 0.232 e. The van der Waals surface area contributed by atoms with Crippen molar-refractivity contribution >= 4 is 29.3 Å². The molecule has 3 N–H and O–H groups in total. The van der Waals surface area contributed by atoms with Gasteiger partial charge in [0.25, 0.3) is 0 Å². The molecule has 146 valence electrons. The quantitative estimate of drug-likeness (QED) is 0.463. The van der Waals surface area contributed by atoms with Gasteiger partial charge >= 0.3 is 0 Å². The van der Waals surface area contributed by atoms with Crippen molar-refractivity contribution in [2.45, 2.75) is 17.8 Å². The molecule has 2 aromatic heterocycles. The van der Waals surface area contributed by atoms with E-state index in [1.54, 1.807) is 12.1 Å². The zero-order valence-electron chi connectivity index (χ0n) is 15.3. The van der Waals surface area contributed by atoms with Crippen LogP contribution < -0.4 is 11.1 Å². The van der Waals surface area contributed by atoms with E-state index in [9.17, 15) is 4.39 Å². The summed E-state index contributed by atoms with van der Waals surface area (Å²) in [6, 6.07) is 13.8. The van der Waals surface area contributed by atoms with Gasteiger partial charge in [-0.25, -0.2) is 4.39 Å². The Bertz CT molecular complexity index is 1130. The fourth-order valence-electron chi connectivity index (χ4n) is 2.49. The number of thioether (sulfide) groups is 1. The van der Waals surface area contributed by atoms with Gasteiger partial charge in [-0.15, -0.1) is 5.10 Å². The zero-order chi connectivity index (χ0) is 20.2. The van der Waals surface area contributed by atoms with Gasteiger partial charge in [-0.2, -0.15) is 19.6 Å². The molecule has 0 aliphatic carbocycles. The summed E-state index contributed by atoms with van der Waals surface area (Å²) in [5.41, 5.74) is 8.34. The summed E-state index contributed by atoms with van der Waals surface area (Å²) in [6.45, 7) is 2.01. The Morgan fingerprint density at radius 1 is 1.10 bits per heavy atom. The molecule has 9 nitrogen and oxygen atoms in total. The van der Waals surface area contributed by atoms with Crippen LogP contribution in [0.5, 0.6) is 0 Å². The number of tetrazole rings is 1. The smallest absolute Gasteiger partial charge is 0.232 e. The zero-order valence-corrected chi connectivity index (χ0v) is 16.1. The number of aryl methyl sites for hydroxylation is 1. The van der Waals surface area contributed by atoms with E-state index < -0.39 is 0 Å². The van der Waals surface area contributed by atoms with Gasteiger partial charge < -0.3 is 11.1 Å². The SMILES string of the molecule is Cc1ccc(Nc2nc(N)nc(CSc3nnnn3-c3cccc(F)c3)n2)cc1. The molecule has 0 atom stereocenters. The van der Waals surface area contributed by atoms with Crippen LogP contribution in [0.15, 0.2) is 53.7 Å². The third-order valence-electron chi connectivity index (χ3n) is 3.83. The molecular weight excluding hydrogens is 393 g/mol. The third kappa shape index (κ3) is 4.63. The first-order valence-electron chi connectivity index (χ1n) is 8.58. The molecule has 0 amide bonds. The van der Waals surface area contributed by atoms with Gasteiger partial charge in [0, 0.05) is 5.69 Å². The summed E-state index contributed by atoms with van der Waals surface area (Å²) >= 11 is 1.30. The van der Waals surface area contributed by atoms with Crippen LogP contribution in [-0.4, -0.2) is 35.2 Å². The second-order valence-corrected chi connectivity index (χ2v) is 7.01. The second kappa shape index (κ2) is 8.19. The van der Waals surface area contributed by atoms with Crippen molar-refractivity contribution < 1.29 is 4.39 Å². The summed E-state index contributed by atoms with van der Waals surface area (Å²) in [6.07, 6.45) is 0. The highest BCUT2D eigenvalue weighted by molar-refractivity contribution is 7.98. The third-order valence-corrected chi connectivity index (χ3v) is 4.75. The van der Waals surface area contributed by atoms with Crippen molar-refractivity contribution in [1.82, 2.24) is 35.2 Å². The van der Waals surface area contributed by atoms with Gasteiger partial charge in [-0.1, -0.05) is 35.5 Å². The first-order valence-corrected chi connectivity index (χ1v) is 9.56. The van der Waals surface area contributed by atoms with Crippen LogP contribution >= 0.6 is 11.8 Å². The number of nitrogen functional groups attached to an aromatic ring is 1. The summed E-state index contributed by atoms with van der Waals surface area (Å²) in [5, 5.41) is 15.2. The van der Waals surface area contributed by atoms with Crippen LogP contribution in [0.3, 0.4) is 0 Å². The molecule has 11 heteroatoms. The summed E-state index contributed by atoms with van der Waals surface area (Å²) in [7, 11) is 0. The number of hydrogen-bond donors (Lipinski definition) is 2. The Morgan fingerprint density at radius 2 is 1.93 bits per heavy atom. The fraction of sp³-hybridized carbons (Fsp3) is 0.111. The van der Waals surface area contributed by atoms with E-state index in [2.05, 4.69) is 35.8 Å². The van der Waals surface area contributed by atoms with Gasteiger partial charge in [0.05, 0.1) is 11.4 Å². The highest BCUT2D eigenvalue weighted by Crippen LogP contribution is 2.22. The molecule has 4 rings (SSSR count). The molecule has 2 aromatic carbocycles. The van der Waals surface area contributed by atoms with Crippen molar-refractivity contribution in [2.24, 2.45) is 0 Å². The molecule has 0 aliphatic heterocycles. The van der Waals surface area contributed by atoms with Crippen LogP contribution in [0.1, 0.15) is 11.4 Å². The first kappa shape index (κ1) is 18.7. The average molecular weight is 409 g/mol. The molecule has 0 saturated carbocycles. The number of aromatic nitrogens is 7. The lowest BCUT2D eigenvalue weighted by Gasteiger charge is -2.08. The Morgan fingerprint density at radius 3 is 2.72 bits per heavy atom. The van der Waals surface area contributed by atoms with Crippen molar-refractivity contribution in [1.29, 1.82) is 0 Å².